The second-order valence-electron chi connectivity index (χ2n) is 7.94. The Bertz CT molecular complexity index is 813. The molecule has 1 aliphatic rings. The molecule has 34 heavy (non-hydrogen) atoms. The number of aliphatic hydroxyl groups excluding tert-OH is 1. The van der Waals surface area contributed by atoms with Crippen LogP contribution in [0.2, 0.25) is 0 Å². The summed E-state index contributed by atoms with van der Waals surface area (Å²) in [4.78, 5) is 36.4. The molecule has 0 saturated carbocycles. The predicted octanol–water partition coefficient (Wildman–Crippen LogP) is -0.0439. The van der Waals surface area contributed by atoms with Gasteiger partial charge >= 0.3 is 5.97 Å². The summed E-state index contributed by atoms with van der Waals surface area (Å²) in [7, 11) is 1.61. The maximum atomic E-state index is 12.9. The van der Waals surface area contributed by atoms with Crippen LogP contribution in [0.1, 0.15) is 27.2 Å². The average molecular weight is 481 g/mol. The first-order chi connectivity index (χ1) is 15.9. The largest absolute Gasteiger partial charge is 0.496 e. The third-order valence-electron chi connectivity index (χ3n) is 4.86. The summed E-state index contributed by atoms with van der Waals surface area (Å²) < 4.78 is 16.7. The van der Waals surface area contributed by atoms with E-state index in [0.717, 1.165) is 6.08 Å². The molecular formula is C23H36N4O7. The standard InChI is InChI=1S/C23H36N4O7/c1-9-18(29)26-16(14(6)24-8)10-19(30)27-23-20(25-12(2)3)22(33-15(7)28)21(31)17(34-23)11-32-13(4)5/h9,16-17,20-25,31H,1-2,4,6,10-11H2,3,5,7-8H3,(H,26,29)(H,27,30)/t16-,17+,20+,21+,22+,23+/m0/s1. The highest BCUT2D eigenvalue weighted by Gasteiger charge is 2.48. The molecule has 11 heteroatoms. The van der Waals surface area contributed by atoms with Crippen LogP contribution in [0.3, 0.4) is 0 Å². The number of allylic oxidation sites excluding steroid dienone is 2. The van der Waals surface area contributed by atoms with Gasteiger partial charge in [-0.15, -0.1) is 0 Å². The number of ether oxygens (including phenoxy) is 3. The normalized spacial score (nSPS) is 24.6. The Morgan fingerprint density at radius 1 is 1.15 bits per heavy atom. The Morgan fingerprint density at radius 2 is 1.79 bits per heavy atom. The number of rotatable bonds is 13. The van der Waals surface area contributed by atoms with E-state index in [0.29, 0.717) is 17.2 Å². The molecule has 1 aliphatic heterocycles. The van der Waals surface area contributed by atoms with Crippen molar-refractivity contribution < 1.29 is 33.7 Å². The van der Waals surface area contributed by atoms with Gasteiger partial charge in [0.1, 0.15) is 24.9 Å². The van der Waals surface area contributed by atoms with Crippen molar-refractivity contribution in [3.05, 3.63) is 49.5 Å². The Labute approximate surface area is 200 Å². The molecule has 0 aliphatic carbocycles. The van der Waals surface area contributed by atoms with Gasteiger partial charge in [0.15, 0.2) is 12.3 Å². The number of esters is 1. The Balaban J connectivity index is 3.16. The van der Waals surface area contributed by atoms with Crippen molar-refractivity contribution in [2.45, 2.75) is 63.8 Å². The van der Waals surface area contributed by atoms with Crippen LogP contribution < -0.4 is 21.3 Å². The van der Waals surface area contributed by atoms with E-state index in [1.54, 1.807) is 20.9 Å². The maximum Gasteiger partial charge on any atom is 0.303 e. The number of hydrogen-bond acceptors (Lipinski definition) is 9. The van der Waals surface area contributed by atoms with E-state index in [2.05, 4.69) is 47.6 Å². The summed E-state index contributed by atoms with van der Waals surface area (Å²) >= 11 is 0. The third kappa shape index (κ3) is 8.91. The number of carbonyl (C=O) groups excluding carboxylic acids is 3. The summed E-state index contributed by atoms with van der Waals surface area (Å²) in [6, 6.07) is -1.60. The van der Waals surface area contributed by atoms with E-state index < -0.39 is 54.4 Å². The second-order valence-corrected chi connectivity index (χ2v) is 7.94. The Morgan fingerprint density at radius 3 is 2.29 bits per heavy atom. The van der Waals surface area contributed by atoms with E-state index in [1.165, 1.54) is 6.92 Å². The molecule has 0 aromatic rings. The van der Waals surface area contributed by atoms with E-state index in [9.17, 15) is 19.5 Å². The monoisotopic (exact) mass is 480 g/mol. The van der Waals surface area contributed by atoms with Crippen LogP contribution in [0.5, 0.6) is 0 Å². The Kier molecular flexibility index (Phi) is 11.3. The van der Waals surface area contributed by atoms with Crippen LogP contribution in [-0.2, 0) is 28.6 Å². The van der Waals surface area contributed by atoms with Gasteiger partial charge in [-0.05, 0) is 19.9 Å². The zero-order chi connectivity index (χ0) is 26.0. The van der Waals surface area contributed by atoms with Crippen LogP contribution in [0.25, 0.3) is 0 Å². The highest BCUT2D eigenvalue weighted by Crippen LogP contribution is 2.24. The number of aliphatic hydroxyl groups is 1. The molecule has 0 aromatic heterocycles. The lowest BCUT2D eigenvalue weighted by Crippen LogP contribution is -2.68. The van der Waals surface area contributed by atoms with Gasteiger partial charge < -0.3 is 40.6 Å². The van der Waals surface area contributed by atoms with E-state index in [1.807, 2.05) is 0 Å². The van der Waals surface area contributed by atoms with Gasteiger partial charge in [0.25, 0.3) is 0 Å². The van der Waals surface area contributed by atoms with E-state index >= 15 is 0 Å². The van der Waals surface area contributed by atoms with Gasteiger partial charge in [0, 0.05) is 25.4 Å². The van der Waals surface area contributed by atoms with Crippen molar-refractivity contribution in [1.29, 1.82) is 0 Å². The van der Waals surface area contributed by atoms with Gasteiger partial charge in [-0.2, -0.15) is 0 Å². The lowest BCUT2D eigenvalue weighted by molar-refractivity contribution is -0.215. The molecule has 190 valence electrons. The molecule has 1 fully saturated rings. The fourth-order valence-electron chi connectivity index (χ4n) is 3.28. The molecular weight excluding hydrogens is 444 g/mol. The summed E-state index contributed by atoms with van der Waals surface area (Å²) in [5.41, 5.74) is 0.904. The summed E-state index contributed by atoms with van der Waals surface area (Å²) in [5.74, 6) is -1.20. The van der Waals surface area contributed by atoms with Crippen LogP contribution >= 0.6 is 0 Å². The highest BCUT2D eigenvalue weighted by molar-refractivity contribution is 5.88. The smallest absolute Gasteiger partial charge is 0.303 e. The van der Waals surface area contributed by atoms with Gasteiger partial charge in [0.05, 0.1) is 18.2 Å². The topological polar surface area (TPSA) is 147 Å². The van der Waals surface area contributed by atoms with Crippen molar-refractivity contribution in [1.82, 2.24) is 21.3 Å². The van der Waals surface area contributed by atoms with Crippen molar-refractivity contribution in [2.24, 2.45) is 0 Å². The average Bonchev–Trinajstić information content (AvgIpc) is 2.75. The molecule has 0 radical (unpaired) electrons. The molecule has 0 spiro atoms. The quantitative estimate of drug-likeness (QED) is 0.139. The first-order valence-electron chi connectivity index (χ1n) is 10.7. The molecule has 0 bridgehead atoms. The minimum Gasteiger partial charge on any atom is -0.496 e. The SMILES string of the molecule is C=CC(=O)N[C@@H](CC(=O)N[C@@H]1O[C@H](COC(=C)C)[C@@H](O)[C@H](OC(C)=O)[C@H]1NC(=C)C)C(=C)NC. The maximum absolute atomic E-state index is 12.9. The first kappa shape index (κ1) is 28.7. The zero-order valence-electron chi connectivity index (χ0n) is 20.2. The van der Waals surface area contributed by atoms with Crippen molar-refractivity contribution in [3.8, 4) is 0 Å². The molecule has 5 N–H and O–H groups in total. The number of amides is 2. The third-order valence-corrected chi connectivity index (χ3v) is 4.86. The van der Waals surface area contributed by atoms with E-state index in [-0.39, 0.29) is 13.0 Å². The van der Waals surface area contributed by atoms with Gasteiger partial charge in [-0.1, -0.05) is 26.3 Å². The minimum atomic E-state index is -1.27. The van der Waals surface area contributed by atoms with Gasteiger partial charge in [-0.3, -0.25) is 14.4 Å². The highest BCUT2D eigenvalue weighted by atomic mass is 16.6. The predicted molar refractivity (Wildman–Crippen MR) is 126 cm³/mol. The molecule has 1 rings (SSSR count). The number of nitrogens with one attached hydrogen (secondary N) is 4. The Hall–Kier alpha value is -3.31. The molecule has 6 atom stereocenters. The van der Waals surface area contributed by atoms with Crippen LogP contribution in [0, 0.1) is 0 Å². The zero-order valence-corrected chi connectivity index (χ0v) is 20.2. The van der Waals surface area contributed by atoms with Crippen molar-refractivity contribution in [3.63, 3.8) is 0 Å². The van der Waals surface area contributed by atoms with E-state index in [4.69, 9.17) is 14.2 Å². The fourth-order valence-corrected chi connectivity index (χ4v) is 3.28. The first-order valence-corrected chi connectivity index (χ1v) is 10.7. The lowest BCUT2D eigenvalue weighted by atomic mass is 9.95. The number of hydrogen-bond donors (Lipinski definition) is 5. The molecule has 0 unspecified atom stereocenters. The number of carbonyl (C=O) groups is 3. The van der Waals surface area contributed by atoms with Crippen molar-refractivity contribution >= 4 is 17.8 Å². The molecule has 1 saturated heterocycles. The van der Waals surface area contributed by atoms with Gasteiger partial charge in [0.2, 0.25) is 11.8 Å². The lowest BCUT2D eigenvalue weighted by Gasteiger charge is -2.45. The van der Waals surface area contributed by atoms with Gasteiger partial charge in [-0.25, -0.2) is 0 Å². The van der Waals surface area contributed by atoms with Crippen LogP contribution in [0.15, 0.2) is 49.5 Å². The van der Waals surface area contributed by atoms with Crippen LogP contribution in [-0.4, -0.2) is 73.2 Å². The molecule has 11 nitrogen and oxygen atoms in total. The molecule has 2 amide bonds. The van der Waals surface area contributed by atoms with Crippen molar-refractivity contribution in [2.75, 3.05) is 13.7 Å². The minimum absolute atomic E-state index is 0.0883. The summed E-state index contributed by atoms with van der Waals surface area (Å²) in [5, 5.41) is 22.0. The molecule has 0 aromatic carbocycles. The second kappa shape index (κ2) is 13.4. The summed E-state index contributed by atoms with van der Waals surface area (Å²) in [6.07, 6.45) is -3.44. The summed E-state index contributed by atoms with van der Waals surface area (Å²) in [6.45, 7) is 19.1. The number of likely N-dealkylation sites (N-methyl/N-ethyl adjacent to an activating group) is 1. The molecule has 1 heterocycles. The van der Waals surface area contributed by atoms with Crippen LogP contribution in [0.4, 0.5) is 0 Å². The fraction of sp³-hybridized carbons (Fsp3) is 0.522.